The fourth-order valence-corrected chi connectivity index (χ4v) is 5.03. The Morgan fingerprint density at radius 1 is 0.889 bits per heavy atom. The van der Waals surface area contributed by atoms with Crippen LogP contribution in [-0.2, 0) is 32.6 Å². The topological polar surface area (TPSA) is 86.8 Å². The Hall–Kier alpha value is -3.20. The first-order valence-electron chi connectivity index (χ1n) is 11.6. The lowest BCUT2D eigenvalue weighted by molar-refractivity contribution is -0.141. The van der Waals surface area contributed by atoms with Gasteiger partial charge in [0.05, 0.1) is 11.4 Å². The largest absolute Gasteiger partial charge is 0.355 e. The van der Waals surface area contributed by atoms with E-state index in [-0.39, 0.29) is 17.3 Å². The molecule has 0 saturated carbocycles. The predicted molar refractivity (Wildman–Crippen MR) is 141 cm³/mol. The van der Waals surface area contributed by atoms with Gasteiger partial charge >= 0.3 is 0 Å². The van der Waals surface area contributed by atoms with Crippen molar-refractivity contribution >= 4 is 33.4 Å². The summed E-state index contributed by atoms with van der Waals surface area (Å²) in [6.45, 7) is 1.95. The smallest absolute Gasteiger partial charge is 0.243 e. The molecule has 0 unspecified atom stereocenters. The fraction of sp³-hybridized carbons (Fsp3) is 0.259. The number of rotatable bonds is 11. The van der Waals surface area contributed by atoms with E-state index in [1.54, 1.807) is 0 Å². The molecule has 7 nitrogen and oxygen atoms in total. The molecule has 0 aliphatic rings. The Kier molecular flexibility index (Phi) is 9.64. The maximum Gasteiger partial charge on any atom is 0.243 e. The van der Waals surface area contributed by atoms with Crippen LogP contribution in [0.5, 0.6) is 0 Å². The standard InChI is InChI=1S/C27H30ClN3O4S/c1-3-29-27(33)25(18-21-10-6-4-7-11-21)31(19-22-12-8-5-9-13-22)26(32)20-30(2)36(34,35)24-16-14-23(28)15-17-24/h4-17,25H,3,18-20H2,1-2H3,(H,29,33)/t25-/m0/s1. The molecule has 36 heavy (non-hydrogen) atoms. The van der Waals surface area contributed by atoms with E-state index in [9.17, 15) is 18.0 Å². The number of amides is 2. The van der Waals surface area contributed by atoms with Crippen LogP contribution in [0.25, 0.3) is 0 Å². The van der Waals surface area contributed by atoms with E-state index in [1.165, 1.54) is 36.2 Å². The summed E-state index contributed by atoms with van der Waals surface area (Å²) in [7, 11) is -2.60. The number of nitrogens with zero attached hydrogens (tertiary/aromatic N) is 2. The lowest BCUT2D eigenvalue weighted by Gasteiger charge is -2.32. The summed E-state index contributed by atoms with van der Waals surface area (Å²) in [5.74, 6) is -0.778. The van der Waals surface area contributed by atoms with Crippen LogP contribution >= 0.6 is 11.6 Å². The Bertz CT molecular complexity index is 1250. The minimum Gasteiger partial charge on any atom is -0.355 e. The maximum absolute atomic E-state index is 13.6. The minimum atomic E-state index is -3.95. The third-order valence-corrected chi connectivity index (χ3v) is 7.77. The highest BCUT2D eigenvalue weighted by Crippen LogP contribution is 2.19. The molecule has 0 aromatic heterocycles. The third kappa shape index (κ3) is 7.16. The second-order valence-electron chi connectivity index (χ2n) is 8.32. The van der Waals surface area contributed by atoms with Gasteiger partial charge < -0.3 is 10.2 Å². The summed E-state index contributed by atoms with van der Waals surface area (Å²) >= 11 is 5.89. The molecule has 0 aliphatic carbocycles. The van der Waals surface area contributed by atoms with E-state index in [1.807, 2.05) is 67.6 Å². The Morgan fingerprint density at radius 2 is 1.44 bits per heavy atom. The van der Waals surface area contributed by atoms with Crippen LogP contribution in [0.4, 0.5) is 0 Å². The van der Waals surface area contributed by atoms with Gasteiger partial charge in [-0.3, -0.25) is 9.59 Å². The highest BCUT2D eigenvalue weighted by molar-refractivity contribution is 7.89. The monoisotopic (exact) mass is 527 g/mol. The van der Waals surface area contributed by atoms with Gasteiger partial charge in [0, 0.05) is 31.6 Å². The molecule has 0 heterocycles. The van der Waals surface area contributed by atoms with Crippen LogP contribution in [0.15, 0.2) is 89.8 Å². The zero-order valence-electron chi connectivity index (χ0n) is 20.3. The molecule has 3 aromatic rings. The van der Waals surface area contributed by atoms with E-state index in [0.29, 0.717) is 18.0 Å². The second kappa shape index (κ2) is 12.7. The quantitative estimate of drug-likeness (QED) is 0.411. The highest BCUT2D eigenvalue weighted by atomic mass is 35.5. The SMILES string of the molecule is CCNC(=O)[C@H](Cc1ccccc1)N(Cc1ccccc1)C(=O)CN(C)S(=O)(=O)c1ccc(Cl)cc1. The molecule has 0 saturated heterocycles. The molecule has 3 aromatic carbocycles. The van der Waals surface area contributed by atoms with Gasteiger partial charge in [-0.15, -0.1) is 0 Å². The first-order valence-corrected chi connectivity index (χ1v) is 13.4. The van der Waals surface area contributed by atoms with Gasteiger partial charge in [0.1, 0.15) is 6.04 Å². The van der Waals surface area contributed by atoms with Gasteiger partial charge in [-0.25, -0.2) is 8.42 Å². The summed E-state index contributed by atoms with van der Waals surface area (Å²) in [5.41, 5.74) is 1.72. The van der Waals surface area contributed by atoms with Gasteiger partial charge in [-0.2, -0.15) is 4.31 Å². The maximum atomic E-state index is 13.6. The molecule has 0 radical (unpaired) electrons. The molecule has 1 atom stereocenters. The summed E-state index contributed by atoms with van der Waals surface area (Å²) in [5, 5.41) is 3.23. The minimum absolute atomic E-state index is 0.0290. The normalized spacial score (nSPS) is 12.2. The average molecular weight is 528 g/mol. The molecule has 190 valence electrons. The molecule has 0 fully saturated rings. The molecule has 3 rings (SSSR count). The number of hydrogen-bond acceptors (Lipinski definition) is 4. The van der Waals surface area contributed by atoms with E-state index >= 15 is 0 Å². The van der Waals surface area contributed by atoms with Crippen molar-refractivity contribution in [3.8, 4) is 0 Å². The highest BCUT2D eigenvalue weighted by Gasteiger charge is 2.32. The van der Waals surface area contributed by atoms with Gasteiger partial charge in [0.15, 0.2) is 0 Å². The number of halogens is 1. The number of benzene rings is 3. The van der Waals surface area contributed by atoms with Crippen molar-refractivity contribution < 1.29 is 18.0 Å². The summed E-state index contributed by atoms with van der Waals surface area (Å²) in [6.07, 6.45) is 0.291. The Balaban J connectivity index is 1.93. The zero-order valence-corrected chi connectivity index (χ0v) is 21.9. The van der Waals surface area contributed by atoms with E-state index in [4.69, 9.17) is 11.6 Å². The second-order valence-corrected chi connectivity index (χ2v) is 10.8. The van der Waals surface area contributed by atoms with Crippen molar-refractivity contribution in [1.29, 1.82) is 0 Å². The number of nitrogens with one attached hydrogen (secondary N) is 1. The molecule has 1 N–H and O–H groups in total. The summed E-state index contributed by atoms with van der Waals surface area (Å²) in [4.78, 5) is 28.3. The number of sulfonamides is 1. The molecule has 0 bridgehead atoms. The van der Waals surface area contributed by atoms with Crippen LogP contribution in [0.1, 0.15) is 18.1 Å². The molecular weight excluding hydrogens is 498 g/mol. The third-order valence-electron chi connectivity index (χ3n) is 5.70. The molecule has 9 heteroatoms. The fourth-order valence-electron chi connectivity index (χ4n) is 3.78. The molecule has 0 aliphatic heterocycles. The molecule has 2 amide bonds. The van der Waals surface area contributed by atoms with Crippen molar-refractivity contribution in [3.63, 3.8) is 0 Å². The Morgan fingerprint density at radius 3 is 2.00 bits per heavy atom. The molecular formula is C27H30ClN3O4S. The lowest BCUT2D eigenvalue weighted by Crippen LogP contribution is -2.53. The van der Waals surface area contributed by atoms with Crippen molar-refractivity contribution in [1.82, 2.24) is 14.5 Å². The predicted octanol–water partition coefficient (Wildman–Crippen LogP) is 3.74. The van der Waals surface area contributed by atoms with Crippen LogP contribution in [-0.4, -0.2) is 55.6 Å². The van der Waals surface area contributed by atoms with E-state index in [2.05, 4.69) is 5.32 Å². The number of carbonyl (C=O) groups excluding carboxylic acids is 2. The van der Waals surface area contributed by atoms with Gasteiger partial charge in [-0.1, -0.05) is 72.3 Å². The van der Waals surface area contributed by atoms with Crippen LogP contribution < -0.4 is 5.32 Å². The molecule has 0 spiro atoms. The number of hydrogen-bond donors (Lipinski definition) is 1. The average Bonchev–Trinajstić information content (AvgIpc) is 2.87. The van der Waals surface area contributed by atoms with Crippen molar-refractivity contribution in [2.24, 2.45) is 0 Å². The van der Waals surface area contributed by atoms with Crippen LogP contribution in [0.3, 0.4) is 0 Å². The first-order chi connectivity index (χ1) is 17.2. The van der Waals surface area contributed by atoms with Crippen molar-refractivity contribution in [3.05, 3.63) is 101 Å². The summed E-state index contributed by atoms with van der Waals surface area (Å²) in [6, 6.07) is 23.7. The van der Waals surface area contributed by atoms with Crippen LogP contribution in [0, 0.1) is 0 Å². The Labute approximate surface area is 217 Å². The van der Waals surface area contributed by atoms with Gasteiger partial charge in [0.25, 0.3) is 0 Å². The van der Waals surface area contributed by atoms with Crippen LogP contribution in [0.2, 0.25) is 5.02 Å². The van der Waals surface area contributed by atoms with E-state index < -0.39 is 28.5 Å². The summed E-state index contributed by atoms with van der Waals surface area (Å²) < 4.78 is 27.2. The lowest BCUT2D eigenvalue weighted by atomic mass is 10.0. The first kappa shape index (κ1) is 27.4. The van der Waals surface area contributed by atoms with Gasteiger partial charge in [-0.05, 0) is 42.3 Å². The van der Waals surface area contributed by atoms with Crippen molar-refractivity contribution in [2.45, 2.75) is 30.8 Å². The number of carbonyl (C=O) groups is 2. The zero-order chi connectivity index (χ0) is 26.1. The van der Waals surface area contributed by atoms with Gasteiger partial charge in [0.2, 0.25) is 21.8 Å². The van der Waals surface area contributed by atoms with E-state index in [0.717, 1.165) is 15.4 Å². The van der Waals surface area contributed by atoms with Crippen molar-refractivity contribution in [2.75, 3.05) is 20.1 Å². The number of likely N-dealkylation sites (N-methyl/N-ethyl adjacent to an activating group) is 2.